The first-order valence-corrected chi connectivity index (χ1v) is 7.12. The Bertz CT molecular complexity index is 305. The number of rotatable bonds is 2. The quantitative estimate of drug-likeness (QED) is 0.595. The highest BCUT2D eigenvalue weighted by molar-refractivity contribution is 5.22. The van der Waals surface area contributed by atoms with E-state index in [1.54, 1.807) is 12.2 Å². The monoisotopic (exact) mass is 267 g/mol. The second kappa shape index (κ2) is 16.7. The standard InChI is InChI=1S/C8H13NO.C4H6.C3H8.C2H6/c1-5(2)8-6(3)7(4)10-9-8;1-3-4-2;1-3-2;1-2/h5H,1-4H3;3-4H,1-2H2;3H2,1-2H3;1-2H3. The third-order valence-electron chi connectivity index (χ3n) is 1.91. The summed E-state index contributed by atoms with van der Waals surface area (Å²) in [5.41, 5.74) is 2.27. The van der Waals surface area contributed by atoms with E-state index in [0.29, 0.717) is 5.92 Å². The van der Waals surface area contributed by atoms with Gasteiger partial charge in [0.2, 0.25) is 0 Å². The van der Waals surface area contributed by atoms with E-state index in [4.69, 9.17) is 4.52 Å². The molecule has 0 spiro atoms. The van der Waals surface area contributed by atoms with Crippen LogP contribution in [0.3, 0.4) is 0 Å². The second-order valence-corrected chi connectivity index (χ2v) is 4.08. The SMILES string of the molecule is C=CC=C.CC.CCC.Cc1onc(C(C)C)c1C. The zero-order valence-corrected chi connectivity index (χ0v) is 14.2. The van der Waals surface area contributed by atoms with Gasteiger partial charge in [-0.1, -0.05) is 78.4 Å². The van der Waals surface area contributed by atoms with Crippen LogP contribution in [0, 0.1) is 13.8 Å². The minimum absolute atomic E-state index is 0.470. The first-order valence-electron chi connectivity index (χ1n) is 7.12. The molecule has 0 aliphatic heterocycles. The third-order valence-corrected chi connectivity index (χ3v) is 1.91. The van der Waals surface area contributed by atoms with Crippen molar-refractivity contribution in [3.8, 4) is 0 Å². The van der Waals surface area contributed by atoms with Gasteiger partial charge in [-0.3, -0.25) is 0 Å². The van der Waals surface area contributed by atoms with E-state index in [9.17, 15) is 0 Å². The van der Waals surface area contributed by atoms with Crippen molar-refractivity contribution in [2.45, 2.75) is 67.7 Å². The Hall–Kier alpha value is -1.31. The molecule has 1 aromatic rings. The predicted octanol–water partition coefficient (Wildman–Crippen LogP) is 6.22. The maximum atomic E-state index is 5.01. The highest BCUT2D eigenvalue weighted by Crippen LogP contribution is 2.19. The molecule has 0 aliphatic carbocycles. The average molecular weight is 267 g/mol. The maximum absolute atomic E-state index is 5.01. The van der Waals surface area contributed by atoms with Crippen LogP contribution in [0.4, 0.5) is 0 Å². The normalized spacial score (nSPS) is 8.05. The summed E-state index contributed by atoms with van der Waals surface area (Å²) < 4.78 is 5.01. The fourth-order valence-electron chi connectivity index (χ4n) is 0.973. The topological polar surface area (TPSA) is 26.0 Å². The van der Waals surface area contributed by atoms with Crippen molar-refractivity contribution >= 4 is 0 Å². The van der Waals surface area contributed by atoms with Gasteiger partial charge < -0.3 is 4.52 Å². The van der Waals surface area contributed by atoms with Crippen molar-refractivity contribution in [1.29, 1.82) is 0 Å². The zero-order chi connectivity index (χ0) is 15.8. The molecule has 1 aromatic heterocycles. The number of hydrogen-bond acceptors (Lipinski definition) is 2. The largest absolute Gasteiger partial charge is 0.361 e. The van der Waals surface area contributed by atoms with E-state index in [2.05, 4.69) is 46.0 Å². The second-order valence-electron chi connectivity index (χ2n) is 4.08. The van der Waals surface area contributed by atoms with Crippen molar-refractivity contribution in [2.24, 2.45) is 0 Å². The molecule has 0 radical (unpaired) electrons. The molecular formula is C17H33NO. The summed E-state index contributed by atoms with van der Waals surface area (Å²) in [6.07, 6.45) is 4.53. The maximum Gasteiger partial charge on any atom is 0.136 e. The lowest BCUT2D eigenvalue weighted by Gasteiger charge is -1.97. The van der Waals surface area contributed by atoms with Crippen molar-refractivity contribution in [3.05, 3.63) is 42.3 Å². The lowest BCUT2D eigenvalue weighted by Crippen LogP contribution is -1.89. The van der Waals surface area contributed by atoms with E-state index in [1.165, 1.54) is 12.0 Å². The summed E-state index contributed by atoms with van der Waals surface area (Å²) in [4.78, 5) is 0. The van der Waals surface area contributed by atoms with Crippen LogP contribution >= 0.6 is 0 Å². The van der Waals surface area contributed by atoms with Gasteiger partial charge in [-0.2, -0.15) is 0 Å². The smallest absolute Gasteiger partial charge is 0.136 e. The summed E-state index contributed by atoms with van der Waals surface area (Å²) in [6, 6.07) is 0. The van der Waals surface area contributed by atoms with Crippen LogP contribution in [0.25, 0.3) is 0 Å². The lowest BCUT2D eigenvalue weighted by molar-refractivity contribution is 0.387. The molecule has 0 aromatic carbocycles. The van der Waals surface area contributed by atoms with Crippen molar-refractivity contribution in [2.75, 3.05) is 0 Å². The Balaban J connectivity index is -0.000000239. The molecule has 0 N–H and O–H groups in total. The van der Waals surface area contributed by atoms with E-state index in [-0.39, 0.29) is 0 Å². The van der Waals surface area contributed by atoms with Crippen LogP contribution in [0.1, 0.15) is 70.9 Å². The lowest BCUT2D eigenvalue weighted by atomic mass is 10.1. The summed E-state index contributed by atoms with van der Waals surface area (Å²) in [6.45, 7) is 23.2. The molecule has 19 heavy (non-hydrogen) atoms. The minimum Gasteiger partial charge on any atom is -0.361 e. The number of nitrogens with zero attached hydrogens (tertiary/aromatic N) is 1. The molecular weight excluding hydrogens is 234 g/mol. The average Bonchev–Trinajstić information content (AvgIpc) is 2.74. The Labute approximate surface area is 120 Å². The molecule has 0 bridgehead atoms. The van der Waals surface area contributed by atoms with Gasteiger partial charge in [0, 0.05) is 5.56 Å². The number of hydrogen-bond donors (Lipinski definition) is 0. The van der Waals surface area contributed by atoms with Crippen LogP contribution in [-0.4, -0.2) is 5.16 Å². The van der Waals surface area contributed by atoms with Gasteiger partial charge in [0.15, 0.2) is 0 Å². The molecule has 0 amide bonds. The molecule has 0 atom stereocenters. The Morgan fingerprint density at radius 2 is 1.47 bits per heavy atom. The van der Waals surface area contributed by atoms with E-state index in [0.717, 1.165) is 11.5 Å². The van der Waals surface area contributed by atoms with Crippen molar-refractivity contribution in [3.63, 3.8) is 0 Å². The molecule has 0 fully saturated rings. The highest BCUT2D eigenvalue weighted by atomic mass is 16.5. The van der Waals surface area contributed by atoms with Crippen LogP contribution in [0.15, 0.2) is 29.8 Å². The van der Waals surface area contributed by atoms with E-state index >= 15 is 0 Å². The summed E-state index contributed by atoms with van der Waals surface area (Å²) in [5, 5.41) is 3.94. The molecule has 2 nitrogen and oxygen atoms in total. The van der Waals surface area contributed by atoms with Gasteiger partial charge in [0.05, 0.1) is 5.69 Å². The Morgan fingerprint density at radius 3 is 1.58 bits per heavy atom. The molecule has 1 rings (SSSR count). The molecule has 0 unspecified atom stereocenters. The third kappa shape index (κ3) is 12.9. The van der Waals surface area contributed by atoms with Gasteiger partial charge in [0.1, 0.15) is 5.76 Å². The first-order chi connectivity index (χ1) is 8.95. The van der Waals surface area contributed by atoms with Crippen molar-refractivity contribution < 1.29 is 4.52 Å². The molecule has 2 heteroatoms. The number of allylic oxidation sites excluding steroid dienone is 2. The fraction of sp³-hybridized carbons (Fsp3) is 0.588. The first kappa shape index (κ1) is 22.8. The predicted molar refractivity (Wildman–Crippen MR) is 87.8 cm³/mol. The summed E-state index contributed by atoms with van der Waals surface area (Å²) in [5.74, 6) is 1.40. The molecule has 0 aliphatic rings. The van der Waals surface area contributed by atoms with Gasteiger partial charge in [-0.05, 0) is 19.8 Å². The summed E-state index contributed by atoms with van der Waals surface area (Å²) >= 11 is 0. The number of aryl methyl sites for hydroxylation is 1. The molecule has 0 saturated heterocycles. The van der Waals surface area contributed by atoms with Crippen LogP contribution < -0.4 is 0 Å². The van der Waals surface area contributed by atoms with E-state index < -0.39 is 0 Å². The van der Waals surface area contributed by atoms with Gasteiger partial charge in [-0.15, -0.1) is 0 Å². The van der Waals surface area contributed by atoms with Crippen LogP contribution in [0.2, 0.25) is 0 Å². The minimum atomic E-state index is 0.470. The Kier molecular flexibility index (Phi) is 20.1. The van der Waals surface area contributed by atoms with Gasteiger partial charge in [0.25, 0.3) is 0 Å². The van der Waals surface area contributed by atoms with Crippen LogP contribution in [0.5, 0.6) is 0 Å². The summed E-state index contributed by atoms with van der Waals surface area (Å²) in [7, 11) is 0. The fourth-order valence-corrected chi connectivity index (χ4v) is 0.973. The van der Waals surface area contributed by atoms with Crippen molar-refractivity contribution in [1.82, 2.24) is 5.16 Å². The Morgan fingerprint density at radius 1 is 1.11 bits per heavy atom. The van der Waals surface area contributed by atoms with Gasteiger partial charge >= 0.3 is 0 Å². The zero-order valence-electron chi connectivity index (χ0n) is 14.2. The molecule has 1 heterocycles. The molecule has 112 valence electrons. The number of aromatic nitrogens is 1. The van der Waals surface area contributed by atoms with E-state index in [1.807, 2.05) is 27.7 Å². The highest BCUT2D eigenvalue weighted by Gasteiger charge is 2.10. The van der Waals surface area contributed by atoms with Crippen LogP contribution in [-0.2, 0) is 0 Å². The van der Waals surface area contributed by atoms with Gasteiger partial charge in [-0.25, -0.2) is 0 Å². The molecule has 0 saturated carbocycles.